The van der Waals surface area contributed by atoms with Crippen molar-refractivity contribution in [3.05, 3.63) is 29.8 Å². The van der Waals surface area contributed by atoms with Gasteiger partial charge in [-0.25, -0.2) is 0 Å². The summed E-state index contributed by atoms with van der Waals surface area (Å²) in [4.78, 5) is 11.6. The number of para-hydroxylation sites is 1. The fourth-order valence-corrected chi connectivity index (χ4v) is 2.10. The van der Waals surface area contributed by atoms with E-state index in [0.717, 1.165) is 18.4 Å². The van der Waals surface area contributed by atoms with Crippen LogP contribution < -0.4 is 11.1 Å². The molecule has 16 heavy (non-hydrogen) atoms. The maximum atomic E-state index is 11.6. The Morgan fingerprint density at radius 2 is 2.12 bits per heavy atom. The SMILES string of the molecule is NCC1CCC(c2ccccc2O)NC1=O. The highest BCUT2D eigenvalue weighted by atomic mass is 16.3. The summed E-state index contributed by atoms with van der Waals surface area (Å²) in [6.45, 7) is 0.388. The highest BCUT2D eigenvalue weighted by molar-refractivity contribution is 5.80. The number of aromatic hydroxyl groups is 1. The maximum absolute atomic E-state index is 11.6. The molecule has 2 atom stereocenters. The lowest BCUT2D eigenvalue weighted by molar-refractivity contribution is -0.127. The number of amides is 1. The van der Waals surface area contributed by atoms with Crippen molar-refractivity contribution in [1.29, 1.82) is 0 Å². The zero-order chi connectivity index (χ0) is 11.5. The van der Waals surface area contributed by atoms with Crippen molar-refractivity contribution >= 4 is 5.91 Å². The van der Waals surface area contributed by atoms with Crippen LogP contribution in [0.25, 0.3) is 0 Å². The second-order valence-corrected chi connectivity index (χ2v) is 4.13. The first-order valence-corrected chi connectivity index (χ1v) is 5.50. The molecular formula is C12H16N2O2. The minimum atomic E-state index is -0.0866. The van der Waals surface area contributed by atoms with Gasteiger partial charge in [-0.3, -0.25) is 4.79 Å². The number of carbonyl (C=O) groups is 1. The predicted molar refractivity (Wildman–Crippen MR) is 60.8 cm³/mol. The largest absolute Gasteiger partial charge is 0.508 e. The number of nitrogens with one attached hydrogen (secondary N) is 1. The second kappa shape index (κ2) is 4.53. The lowest BCUT2D eigenvalue weighted by atomic mass is 9.90. The monoisotopic (exact) mass is 220 g/mol. The minimum absolute atomic E-state index is 0.0120. The van der Waals surface area contributed by atoms with Crippen LogP contribution in [0.5, 0.6) is 5.75 Å². The first-order chi connectivity index (χ1) is 7.72. The Bertz CT molecular complexity index is 392. The highest BCUT2D eigenvalue weighted by Gasteiger charge is 2.28. The van der Waals surface area contributed by atoms with Crippen molar-refractivity contribution in [2.24, 2.45) is 11.7 Å². The normalized spacial score (nSPS) is 25.2. The molecule has 1 aliphatic heterocycles. The molecule has 0 aromatic heterocycles. The summed E-state index contributed by atoms with van der Waals surface area (Å²) in [6, 6.07) is 7.01. The lowest BCUT2D eigenvalue weighted by Crippen LogP contribution is -2.41. The average molecular weight is 220 g/mol. The molecule has 4 N–H and O–H groups in total. The second-order valence-electron chi connectivity index (χ2n) is 4.13. The van der Waals surface area contributed by atoms with Crippen LogP contribution >= 0.6 is 0 Å². The van der Waals surface area contributed by atoms with Crippen molar-refractivity contribution in [2.45, 2.75) is 18.9 Å². The van der Waals surface area contributed by atoms with Crippen molar-refractivity contribution in [3.63, 3.8) is 0 Å². The molecule has 0 aliphatic carbocycles. The fourth-order valence-electron chi connectivity index (χ4n) is 2.10. The van der Waals surface area contributed by atoms with Crippen LogP contribution in [-0.4, -0.2) is 17.6 Å². The van der Waals surface area contributed by atoms with E-state index in [1.165, 1.54) is 0 Å². The molecule has 1 aromatic carbocycles. The van der Waals surface area contributed by atoms with Gasteiger partial charge in [-0.2, -0.15) is 0 Å². The van der Waals surface area contributed by atoms with Gasteiger partial charge < -0.3 is 16.2 Å². The minimum Gasteiger partial charge on any atom is -0.508 e. The zero-order valence-electron chi connectivity index (χ0n) is 9.02. The number of hydrogen-bond acceptors (Lipinski definition) is 3. The molecule has 1 saturated heterocycles. The molecule has 2 unspecified atom stereocenters. The number of piperidine rings is 1. The summed E-state index contributed by atoms with van der Waals surface area (Å²) in [7, 11) is 0. The van der Waals surface area contributed by atoms with E-state index >= 15 is 0 Å². The summed E-state index contributed by atoms with van der Waals surface area (Å²) in [5.41, 5.74) is 6.28. The van der Waals surface area contributed by atoms with E-state index in [2.05, 4.69) is 5.32 Å². The van der Waals surface area contributed by atoms with E-state index in [1.54, 1.807) is 12.1 Å². The van der Waals surface area contributed by atoms with Crippen LogP contribution in [0.1, 0.15) is 24.4 Å². The van der Waals surface area contributed by atoms with Crippen LogP contribution in [-0.2, 0) is 4.79 Å². The summed E-state index contributed by atoms with van der Waals surface area (Å²) >= 11 is 0. The van der Waals surface area contributed by atoms with E-state index < -0.39 is 0 Å². The summed E-state index contributed by atoms with van der Waals surface area (Å²) in [5, 5.41) is 12.6. The standard InChI is InChI=1S/C12H16N2O2/c13-7-8-5-6-10(14-12(8)16)9-3-1-2-4-11(9)15/h1-4,8,10,15H,5-7,13H2,(H,14,16). The molecule has 4 nitrogen and oxygen atoms in total. The van der Waals surface area contributed by atoms with Gasteiger partial charge in [0, 0.05) is 12.1 Å². The van der Waals surface area contributed by atoms with Crippen LogP contribution in [0, 0.1) is 5.92 Å². The Kier molecular flexibility index (Phi) is 3.10. The summed E-state index contributed by atoms with van der Waals surface area (Å²) < 4.78 is 0. The smallest absolute Gasteiger partial charge is 0.224 e. The van der Waals surface area contributed by atoms with Crippen LogP contribution in [0.3, 0.4) is 0 Å². The number of nitrogens with two attached hydrogens (primary N) is 1. The van der Waals surface area contributed by atoms with Gasteiger partial charge in [0.2, 0.25) is 5.91 Å². The Morgan fingerprint density at radius 3 is 2.75 bits per heavy atom. The first kappa shape index (κ1) is 11.0. The highest BCUT2D eigenvalue weighted by Crippen LogP contribution is 2.31. The molecule has 0 bridgehead atoms. The predicted octanol–water partition coefficient (Wildman–Crippen LogP) is 0.918. The van der Waals surface area contributed by atoms with Gasteiger partial charge in [-0.15, -0.1) is 0 Å². The maximum Gasteiger partial charge on any atom is 0.224 e. The Labute approximate surface area is 94.5 Å². The van der Waals surface area contributed by atoms with E-state index in [-0.39, 0.29) is 23.6 Å². The molecule has 1 heterocycles. The Morgan fingerprint density at radius 1 is 1.38 bits per heavy atom. The van der Waals surface area contributed by atoms with E-state index in [4.69, 9.17) is 5.73 Å². The Hall–Kier alpha value is -1.55. The molecule has 1 fully saturated rings. The van der Waals surface area contributed by atoms with Gasteiger partial charge in [-0.05, 0) is 18.9 Å². The quantitative estimate of drug-likeness (QED) is 0.693. The molecule has 4 heteroatoms. The third-order valence-electron chi connectivity index (χ3n) is 3.09. The van der Waals surface area contributed by atoms with Crippen molar-refractivity contribution in [3.8, 4) is 5.75 Å². The number of phenolic OH excluding ortho intramolecular Hbond substituents is 1. The lowest BCUT2D eigenvalue weighted by Gasteiger charge is -2.29. The number of phenols is 1. The van der Waals surface area contributed by atoms with E-state index in [0.29, 0.717) is 6.54 Å². The molecule has 2 rings (SSSR count). The van der Waals surface area contributed by atoms with Gasteiger partial charge in [0.25, 0.3) is 0 Å². The van der Waals surface area contributed by atoms with Crippen LogP contribution in [0.4, 0.5) is 0 Å². The van der Waals surface area contributed by atoms with Crippen molar-refractivity contribution in [1.82, 2.24) is 5.32 Å². The summed E-state index contributed by atoms with van der Waals surface area (Å²) in [6.07, 6.45) is 1.60. The van der Waals surface area contributed by atoms with Crippen molar-refractivity contribution in [2.75, 3.05) is 6.54 Å². The molecule has 0 radical (unpaired) electrons. The molecule has 0 saturated carbocycles. The van der Waals surface area contributed by atoms with Gasteiger partial charge in [0.15, 0.2) is 0 Å². The van der Waals surface area contributed by atoms with Gasteiger partial charge in [0.1, 0.15) is 5.75 Å². The summed E-state index contributed by atoms with van der Waals surface area (Å²) in [5.74, 6) is 0.142. The Balaban J connectivity index is 2.14. The number of hydrogen-bond donors (Lipinski definition) is 3. The third kappa shape index (κ3) is 2.02. The molecule has 86 valence electrons. The number of benzene rings is 1. The van der Waals surface area contributed by atoms with Crippen LogP contribution in [0.2, 0.25) is 0 Å². The first-order valence-electron chi connectivity index (χ1n) is 5.50. The van der Waals surface area contributed by atoms with Gasteiger partial charge >= 0.3 is 0 Å². The zero-order valence-corrected chi connectivity index (χ0v) is 9.02. The molecule has 0 spiro atoms. The van der Waals surface area contributed by atoms with Crippen LogP contribution in [0.15, 0.2) is 24.3 Å². The average Bonchev–Trinajstić information content (AvgIpc) is 2.29. The van der Waals surface area contributed by atoms with Crippen molar-refractivity contribution < 1.29 is 9.90 Å². The van der Waals surface area contributed by atoms with E-state index in [1.807, 2.05) is 12.1 Å². The van der Waals surface area contributed by atoms with Gasteiger partial charge in [-0.1, -0.05) is 18.2 Å². The number of carbonyl (C=O) groups excluding carboxylic acids is 1. The topological polar surface area (TPSA) is 75.3 Å². The number of rotatable bonds is 2. The van der Waals surface area contributed by atoms with E-state index in [9.17, 15) is 9.90 Å². The molecule has 1 aliphatic rings. The van der Waals surface area contributed by atoms with Gasteiger partial charge in [0.05, 0.1) is 12.0 Å². The third-order valence-corrected chi connectivity index (χ3v) is 3.09. The molecule has 1 aromatic rings. The molecule has 1 amide bonds. The fraction of sp³-hybridized carbons (Fsp3) is 0.417. The molecular weight excluding hydrogens is 204 g/mol.